The smallest absolute Gasteiger partial charge is 0.328 e. The number of esters is 1. The first-order chi connectivity index (χ1) is 12.0. The lowest BCUT2D eigenvalue weighted by atomic mass is 10.0. The summed E-state index contributed by atoms with van der Waals surface area (Å²) in [6, 6.07) is 16.2. The molecule has 0 fully saturated rings. The molecule has 0 aromatic heterocycles. The second kappa shape index (κ2) is 8.99. The van der Waals surface area contributed by atoms with Crippen LogP contribution in [0.15, 0.2) is 54.6 Å². The van der Waals surface area contributed by atoms with E-state index in [-0.39, 0.29) is 5.91 Å². The molecule has 0 radical (unpaired) electrons. The minimum atomic E-state index is -0.786. The first-order valence-corrected chi connectivity index (χ1v) is 8.06. The average molecular weight is 341 g/mol. The van der Waals surface area contributed by atoms with Gasteiger partial charge in [-0.2, -0.15) is 0 Å². The van der Waals surface area contributed by atoms with Crippen molar-refractivity contribution in [1.29, 1.82) is 0 Å². The van der Waals surface area contributed by atoms with E-state index in [1.54, 1.807) is 12.1 Å². The topological polar surface area (TPSA) is 64.6 Å². The second-order valence-electron chi connectivity index (χ2n) is 5.80. The summed E-state index contributed by atoms with van der Waals surface area (Å²) >= 11 is 0. The zero-order valence-corrected chi connectivity index (χ0v) is 14.7. The molecule has 25 heavy (non-hydrogen) atoms. The highest BCUT2D eigenvalue weighted by molar-refractivity contribution is 5.87. The third kappa shape index (κ3) is 5.16. The summed E-state index contributed by atoms with van der Waals surface area (Å²) in [6.07, 6.45) is -0.434. The normalized spacial score (nSPS) is 12.9. The quantitative estimate of drug-likeness (QED) is 0.786. The van der Waals surface area contributed by atoms with E-state index >= 15 is 0 Å². The van der Waals surface area contributed by atoms with Crippen LogP contribution in [-0.2, 0) is 25.5 Å². The van der Waals surface area contributed by atoms with Crippen LogP contribution in [-0.4, -0.2) is 32.1 Å². The van der Waals surface area contributed by atoms with Crippen LogP contribution in [0.2, 0.25) is 0 Å². The Balaban J connectivity index is 2.15. The van der Waals surface area contributed by atoms with Gasteiger partial charge >= 0.3 is 5.97 Å². The van der Waals surface area contributed by atoms with Gasteiger partial charge in [-0.1, -0.05) is 60.2 Å². The Hall–Kier alpha value is -2.66. The van der Waals surface area contributed by atoms with E-state index in [0.717, 1.165) is 16.7 Å². The van der Waals surface area contributed by atoms with E-state index < -0.39 is 18.1 Å². The first kappa shape index (κ1) is 18.7. The molecule has 2 aromatic carbocycles. The highest BCUT2D eigenvalue weighted by Crippen LogP contribution is 2.17. The third-order valence-corrected chi connectivity index (χ3v) is 3.90. The van der Waals surface area contributed by atoms with Crippen molar-refractivity contribution < 1.29 is 19.1 Å². The largest absolute Gasteiger partial charge is 0.467 e. The molecular weight excluding hydrogens is 318 g/mol. The van der Waals surface area contributed by atoms with Gasteiger partial charge in [0.1, 0.15) is 6.04 Å². The highest BCUT2D eigenvalue weighted by Gasteiger charge is 2.27. The molecule has 132 valence electrons. The molecule has 0 aliphatic heterocycles. The molecule has 2 atom stereocenters. The third-order valence-electron chi connectivity index (χ3n) is 3.90. The number of methoxy groups -OCH3 is 2. The number of carbonyl (C=O) groups is 2. The van der Waals surface area contributed by atoms with Crippen molar-refractivity contribution in [2.75, 3.05) is 14.2 Å². The molecule has 0 unspecified atom stereocenters. The van der Waals surface area contributed by atoms with Crippen molar-refractivity contribution in [3.8, 4) is 0 Å². The van der Waals surface area contributed by atoms with Gasteiger partial charge in [-0.25, -0.2) is 4.79 Å². The van der Waals surface area contributed by atoms with Gasteiger partial charge in [0.25, 0.3) is 5.91 Å². The van der Waals surface area contributed by atoms with Gasteiger partial charge in [-0.05, 0) is 18.1 Å². The fourth-order valence-electron chi connectivity index (χ4n) is 2.68. The zero-order chi connectivity index (χ0) is 18.2. The number of benzene rings is 2. The summed E-state index contributed by atoms with van der Waals surface area (Å²) in [4.78, 5) is 24.7. The average Bonchev–Trinajstić information content (AvgIpc) is 2.62. The van der Waals surface area contributed by atoms with Gasteiger partial charge in [0.15, 0.2) is 6.10 Å². The van der Waals surface area contributed by atoms with E-state index in [1.165, 1.54) is 14.2 Å². The number of hydrogen-bond acceptors (Lipinski definition) is 4. The summed E-state index contributed by atoms with van der Waals surface area (Å²) in [5.74, 6) is -0.866. The summed E-state index contributed by atoms with van der Waals surface area (Å²) in [5, 5.41) is 2.75. The molecular formula is C20H23NO4. The van der Waals surface area contributed by atoms with Gasteiger partial charge in [-0.3, -0.25) is 4.79 Å². The fraction of sp³-hybridized carbons (Fsp3) is 0.300. The van der Waals surface area contributed by atoms with E-state index in [4.69, 9.17) is 9.47 Å². The molecule has 0 heterocycles. The standard InChI is InChI=1S/C20H23NO4/c1-14-8-7-9-15(12-14)13-17(20(23)25-3)21-19(22)18(24-2)16-10-5-4-6-11-16/h4-12,17-18H,13H2,1-3H3,(H,21,22)/t17-,18-/m0/s1. The minimum absolute atomic E-state index is 0.352. The van der Waals surface area contributed by atoms with Crippen LogP contribution in [0.1, 0.15) is 22.8 Å². The number of aryl methyl sites for hydroxylation is 1. The van der Waals surface area contributed by atoms with Crippen LogP contribution in [0.3, 0.4) is 0 Å². The number of hydrogen-bond donors (Lipinski definition) is 1. The number of rotatable bonds is 7. The molecule has 2 rings (SSSR count). The maximum Gasteiger partial charge on any atom is 0.328 e. The van der Waals surface area contributed by atoms with Crippen LogP contribution in [0.4, 0.5) is 0 Å². The number of nitrogens with one attached hydrogen (secondary N) is 1. The Morgan fingerprint density at radius 2 is 1.76 bits per heavy atom. The van der Waals surface area contributed by atoms with Crippen molar-refractivity contribution >= 4 is 11.9 Å². The molecule has 0 aliphatic rings. The van der Waals surface area contributed by atoms with E-state index in [1.807, 2.05) is 49.4 Å². The Kier molecular flexibility index (Phi) is 6.71. The first-order valence-electron chi connectivity index (χ1n) is 8.06. The summed E-state index contributed by atoms with van der Waals surface area (Å²) in [5.41, 5.74) is 2.76. The Bertz CT molecular complexity index is 715. The second-order valence-corrected chi connectivity index (χ2v) is 5.80. The Morgan fingerprint density at radius 3 is 2.36 bits per heavy atom. The number of amides is 1. The fourth-order valence-corrected chi connectivity index (χ4v) is 2.68. The molecule has 1 N–H and O–H groups in total. The lowest BCUT2D eigenvalue weighted by molar-refractivity contribution is -0.146. The molecule has 5 heteroatoms. The molecule has 0 saturated heterocycles. The van der Waals surface area contributed by atoms with Crippen LogP contribution in [0, 0.1) is 6.92 Å². The van der Waals surface area contributed by atoms with Crippen molar-refractivity contribution in [2.24, 2.45) is 0 Å². The van der Waals surface area contributed by atoms with Gasteiger partial charge in [0.2, 0.25) is 0 Å². The van der Waals surface area contributed by atoms with Crippen molar-refractivity contribution in [1.82, 2.24) is 5.32 Å². The van der Waals surface area contributed by atoms with Gasteiger partial charge in [0, 0.05) is 13.5 Å². The Morgan fingerprint density at radius 1 is 1.04 bits per heavy atom. The SMILES string of the molecule is COC(=O)[C@H](Cc1cccc(C)c1)NC(=O)[C@@H](OC)c1ccccc1. The van der Waals surface area contributed by atoms with Crippen LogP contribution in [0.25, 0.3) is 0 Å². The molecule has 5 nitrogen and oxygen atoms in total. The highest BCUT2D eigenvalue weighted by atomic mass is 16.5. The predicted molar refractivity (Wildman–Crippen MR) is 95.0 cm³/mol. The zero-order valence-electron chi connectivity index (χ0n) is 14.7. The molecule has 2 aromatic rings. The molecule has 0 spiro atoms. The molecule has 0 saturated carbocycles. The molecule has 1 amide bonds. The van der Waals surface area contributed by atoms with Crippen molar-refractivity contribution in [3.63, 3.8) is 0 Å². The summed E-state index contributed by atoms with van der Waals surface area (Å²) in [6.45, 7) is 1.98. The van der Waals surface area contributed by atoms with E-state index in [2.05, 4.69) is 5.32 Å². The van der Waals surface area contributed by atoms with Gasteiger partial charge in [-0.15, -0.1) is 0 Å². The number of ether oxygens (including phenoxy) is 2. The minimum Gasteiger partial charge on any atom is -0.467 e. The summed E-state index contributed by atoms with van der Waals surface area (Å²) in [7, 11) is 2.77. The summed E-state index contributed by atoms with van der Waals surface area (Å²) < 4.78 is 10.2. The Labute approximate surface area is 148 Å². The van der Waals surface area contributed by atoms with E-state index in [0.29, 0.717) is 6.42 Å². The van der Waals surface area contributed by atoms with Gasteiger partial charge in [0.05, 0.1) is 7.11 Å². The maximum atomic E-state index is 12.6. The van der Waals surface area contributed by atoms with Crippen molar-refractivity contribution in [2.45, 2.75) is 25.5 Å². The van der Waals surface area contributed by atoms with Crippen LogP contribution >= 0.6 is 0 Å². The lowest BCUT2D eigenvalue weighted by Gasteiger charge is -2.21. The molecule has 0 aliphatic carbocycles. The number of carbonyl (C=O) groups excluding carboxylic acids is 2. The molecule has 0 bridgehead atoms. The van der Waals surface area contributed by atoms with Gasteiger partial charge < -0.3 is 14.8 Å². The monoisotopic (exact) mass is 341 g/mol. The van der Waals surface area contributed by atoms with Crippen LogP contribution in [0.5, 0.6) is 0 Å². The lowest BCUT2D eigenvalue weighted by Crippen LogP contribution is -2.45. The van der Waals surface area contributed by atoms with Crippen molar-refractivity contribution in [3.05, 3.63) is 71.3 Å². The predicted octanol–water partition coefficient (Wildman–Crippen LogP) is 2.58. The van der Waals surface area contributed by atoms with Crippen LogP contribution < -0.4 is 5.32 Å². The maximum absolute atomic E-state index is 12.6. The van der Waals surface area contributed by atoms with E-state index in [9.17, 15) is 9.59 Å².